The average Bonchev–Trinajstić information content (AvgIpc) is 3.33. The average molecular weight is 459 g/mol. The molecule has 4 rings (SSSR count). The summed E-state index contributed by atoms with van der Waals surface area (Å²) >= 11 is 0. The number of aromatic nitrogens is 4. The van der Waals surface area contributed by atoms with Gasteiger partial charge in [0.1, 0.15) is 0 Å². The van der Waals surface area contributed by atoms with E-state index >= 15 is 0 Å². The van der Waals surface area contributed by atoms with Gasteiger partial charge in [0, 0.05) is 6.54 Å². The van der Waals surface area contributed by atoms with Crippen LogP contribution in [0.3, 0.4) is 0 Å². The monoisotopic (exact) mass is 458 g/mol. The Hall–Kier alpha value is -2.50. The van der Waals surface area contributed by atoms with Crippen molar-refractivity contribution in [2.24, 2.45) is 0 Å². The van der Waals surface area contributed by atoms with Crippen molar-refractivity contribution in [1.29, 1.82) is 0 Å². The second kappa shape index (κ2) is 9.78. The summed E-state index contributed by atoms with van der Waals surface area (Å²) in [6.07, 6.45) is 2.03. The Morgan fingerprint density at radius 1 is 1.06 bits per heavy atom. The first-order chi connectivity index (χ1) is 15.1. The van der Waals surface area contributed by atoms with Gasteiger partial charge in [0.05, 0.1) is 17.0 Å². The van der Waals surface area contributed by atoms with Crippen molar-refractivity contribution >= 4 is 21.2 Å². The molecule has 2 aromatic carbocycles. The van der Waals surface area contributed by atoms with Crippen molar-refractivity contribution in [1.82, 2.24) is 19.6 Å². The van der Waals surface area contributed by atoms with Crippen LogP contribution in [0.15, 0.2) is 65.7 Å². The third kappa shape index (κ3) is 5.71. The molecule has 0 spiro atoms. The van der Waals surface area contributed by atoms with E-state index < -0.39 is 10.1 Å². The zero-order valence-electron chi connectivity index (χ0n) is 19.7. The molecular weight excluding hydrogens is 431 g/mol. The van der Waals surface area contributed by atoms with Crippen LogP contribution in [0.25, 0.3) is 11.0 Å². The Bertz CT molecular complexity index is 1340. The number of hydrogen-bond donors (Lipinski definition) is 0. The normalized spacial score (nSPS) is 12.0. The Balaban J connectivity index is 0.00000306. The first-order valence-electron chi connectivity index (χ1n) is 10.4. The first-order valence-corrected chi connectivity index (χ1v) is 11.9. The second-order valence-electron chi connectivity index (χ2n) is 8.84. The summed E-state index contributed by atoms with van der Waals surface area (Å²) in [5.74, 6) is 0. The van der Waals surface area contributed by atoms with Gasteiger partial charge in [-0.25, -0.2) is 0 Å². The summed E-state index contributed by atoms with van der Waals surface area (Å²) in [6, 6.07) is 16.5. The molecule has 0 saturated carbocycles. The van der Waals surface area contributed by atoms with Crippen molar-refractivity contribution in [3.05, 3.63) is 84.2 Å². The molecule has 0 fully saturated rings. The van der Waals surface area contributed by atoms with E-state index in [1.54, 1.807) is 28.9 Å². The van der Waals surface area contributed by atoms with Crippen LogP contribution < -0.4 is 18.9 Å². The Labute approximate surface area is 207 Å². The van der Waals surface area contributed by atoms with Gasteiger partial charge in [0.2, 0.25) is 0 Å². The van der Waals surface area contributed by atoms with Gasteiger partial charge in [-0.1, -0.05) is 74.0 Å². The van der Waals surface area contributed by atoms with E-state index in [4.69, 9.17) is 4.18 Å². The van der Waals surface area contributed by atoms with Crippen molar-refractivity contribution in [3.8, 4) is 0 Å². The second-order valence-corrected chi connectivity index (χ2v) is 10.5. The molecule has 0 saturated heterocycles. The fourth-order valence-electron chi connectivity index (χ4n) is 3.36. The molecule has 0 bridgehead atoms. The number of aryl methyl sites for hydroxylation is 1. The summed E-state index contributed by atoms with van der Waals surface area (Å²) in [7, 11) is -3.81. The molecule has 0 atom stereocenters. The minimum absolute atomic E-state index is 0. The van der Waals surface area contributed by atoms with Crippen LogP contribution in [0.2, 0.25) is 0 Å². The molecule has 0 N–H and O–H groups in total. The topological polar surface area (TPSA) is 79.0 Å². The fourth-order valence-corrected chi connectivity index (χ4v) is 4.26. The van der Waals surface area contributed by atoms with Gasteiger partial charge in [-0.3, -0.25) is 4.18 Å². The molecule has 7 nitrogen and oxygen atoms in total. The fraction of sp³-hybridized carbons (Fsp3) is 0.292. The van der Waals surface area contributed by atoms with Crippen LogP contribution in [0.4, 0.5) is 0 Å². The minimum atomic E-state index is -3.81. The Kier molecular flexibility index (Phi) is 7.44. The quantitative estimate of drug-likeness (QED) is 0.237. The molecule has 0 aliphatic rings. The zero-order chi connectivity index (χ0) is 22.9. The van der Waals surface area contributed by atoms with Crippen LogP contribution in [0.1, 0.15) is 37.6 Å². The maximum absolute atomic E-state index is 12.5. The van der Waals surface area contributed by atoms with E-state index in [0.717, 1.165) is 27.9 Å². The Morgan fingerprint density at radius 2 is 1.76 bits per heavy atom. The summed E-state index contributed by atoms with van der Waals surface area (Å²) < 4.78 is 34.1. The molecule has 0 amide bonds. The number of fused-ring (bicyclic) bond motifs is 1. The Morgan fingerprint density at radius 3 is 2.45 bits per heavy atom. The first kappa shape index (κ1) is 25.1. The molecule has 168 valence electrons. The molecule has 9 heteroatoms. The number of benzene rings is 2. The molecule has 2 aromatic heterocycles. The molecule has 2 heterocycles. The predicted octanol–water partition coefficient (Wildman–Crippen LogP) is 1.31. The van der Waals surface area contributed by atoms with Gasteiger partial charge >= 0.3 is 18.9 Å². The predicted molar refractivity (Wildman–Crippen MR) is 124 cm³/mol. The van der Waals surface area contributed by atoms with Crippen molar-refractivity contribution in [3.63, 3.8) is 0 Å². The van der Waals surface area contributed by atoms with Crippen molar-refractivity contribution < 1.29 is 31.5 Å². The molecule has 0 aliphatic heterocycles. The van der Waals surface area contributed by atoms with Crippen LogP contribution in [0.5, 0.6) is 0 Å². The number of nitrogens with zero attached hydrogens (tertiary/aromatic N) is 4. The van der Waals surface area contributed by atoms with Crippen LogP contribution >= 0.6 is 0 Å². The third-order valence-corrected chi connectivity index (χ3v) is 6.63. The summed E-state index contributed by atoms with van der Waals surface area (Å²) in [6.45, 7) is 10.6. The van der Waals surface area contributed by atoms with E-state index in [1.165, 1.54) is 0 Å². The van der Waals surface area contributed by atoms with Crippen LogP contribution in [0, 0.1) is 13.5 Å². The maximum Gasteiger partial charge on any atom is 1.00 e. The standard InChI is InChI=1S/C24H27N4O3S.Li/c1-18-9-11-21(12-10-18)32(29,30)31-14-13-27-16-19(24(2,3)4)15-20(27)17-28-23-8-6-5-7-22(23)25-26-28;/h5-12,15-17H,13-14H2,1-4H3;/q-1;+1. The summed E-state index contributed by atoms with van der Waals surface area (Å²) in [5.41, 5.74) is 4.66. The van der Waals surface area contributed by atoms with E-state index in [9.17, 15) is 8.42 Å². The van der Waals surface area contributed by atoms with Crippen molar-refractivity contribution in [2.75, 3.05) is 6.61 Å². The minimum Gasteiger partial charge on any atom is -0.368 e. The van der Waals surface area contributed by atoms with E-state index in [1.807, 2.05) is 48.5 Å². The molecule has 0 unspecified atom stereocenters. The number of para-hydroxylation sites is 1. The molecule has 0 aliphatic carbocycles. The van der Waals surface area contributed by atoms with Gasteiger partial charge in [-0.2, -0.15) is 8.42 Å². The molecule has 0 radical (unpaired) electrons. The van der Waals surface area contributed by atoms with Crippen LogP contribution in [-0.2, 0) is 26.3 Å². The van der Waals surface area contributed by atoms with E-state index in [-0.39, 0.29) is 35.8 Å². The summed E-state index contributed by atoms with van der Waals surface area (Å²) in [5, 5.41) is 8.44. The third-order valence-electron chi connectivity index (χ3n) is 5.31. The van der Waals surface area contributed by atoms with Crippen LogP contribution in [-0.4, -0.2) is 34.6 Å². The number of rotatable bonds is 7. The van der Waals surface area contributed by atoms with Gasteiger partial charge in [-0.15, -0.1) is 11.2 Å². The molecule has 33 heavy (non-hydrogen) atoms. The summed E-state index contributed by atoms with van der Waals surface area (Å²) in [4.78, 5) is 0.159. The van der Waals surface area contributed by atoms with Gasteiger partial charge < -0.3 is 9.25 Å². The number of hydrogen-bond acceptors (Lipinski definition) is 5. The zero-order valence-corrected chi connectivity index (χ0v) is 20.5. The SMILES string of the molecule is Cc1ccc(S(=O)(=O)OCCn2cc(C(C)(C)C)cc2[CH-]n2nnc3ccccc32)cc1.[Li+]. The van der Waals surface area contributed by atoms with E-state index in [0.29, 0.717) is 6.54 Å². The molecular formula is C24H27LiN4O3S. The van der Waals surface area contributed by atoms with Gasteiger partial charge in [0.25, 0.3) is 10.1 Å². The maximum atomic E-state index is 12.5. The molecule has 4 aromatic rings. The van der Waals surface area contributed by atoms with E-state index in [2.05, 4.69) is 37.1 Å². The van der Waals surface area contributed by atoms with Gasteiger partial charge in [-0.05, 0) is 47.9 Å². The largest absolute Gasteiger partial charge is 1.00 e. The van der Waals surface area contributed by atoms with Gasteiger partial charge in [0.15, 0.2) is 0 Å². The smallest absolute Gasteiger partial charge is 0.368 e. The van der Waals surface area contributed by atoms with Crippen molar-refractivity contribution in [2.45, 2.75) is 44.6 Å².